The number of nitrogen functional groups attached to an aromatic ring is 1. The molecule has 0 heterocycles. The van der Waals surface area contributed by atoms with E-state index in [0.29, 0.717) is 17.3 Å². The predicted molar refractivity (Wildman–Crippen MR) is 122 cm³/mol. The summed E-state index contributed by atoms with van der Waals surface area (Å²) in [5, 5.41) is 9.09. The van der Waals surface area contributed by atoms with Gasteiger partial charge >= 0.3 is 5.97 Å². The highest BCUT2D eigenvalue weighted by Gasteiger charge is 2.25. The molecule has 0 aliphatic rings. The molecule has 2 aromatic carbocycles. The van der Waals surface area contributed by atoms with Crippen LogP contribution in [0.5, 0.6) is 0 Å². The molecule has 1 amide bonds. The molecule has 0 fully saturated rings. The van der Waals surface area contributed by atoms with Crippen LogP contribution in [0.2, 0.25) is 0 Å². The number of carbonyl (C=O) groups excluding carboxylic acids is 1. The molecule has 0 atom stereocenters. The van der Waals surface area contributed by atoms with Crippen LogP contribution in [0.15, 0.2) is 34.8 Å². The molecule has 2 aromatic rings. The summed E-state index contributed by atoms with van der Waals surface area (Å²) in [5.41, 5.74) is 4.05. The number of aromatic carboxylic acids is 1. The van der Waals surface area contributed by atoms with Crippen LogP contribution in [0.3, 0.4) is 0 Å². The molecule has 0 spiro atoms. The molecule has 0 aromatic heterocycles. The average molecular weight is 536 g/mol. The lowest BCUT2D eigenvalue weighted by Crippen LogP contribution is -2.30. The van der Waals surface area contributed by atoms with Gasteiger partial charge in [0.15, 0.2) is 5.82 Å². The minimum Gasteiger partial charge on any atom is -0.478 e. The van der Waals surface area contributed by atoms with Crippen LogP contribution in [0.1, 0.15) is 34.1 Å². The van der Waals surface area contributed by atoms with Crippen molar-refractivity contribution < 1.29 is 31.9 Å². The van der Waals surface area contributed by atoms with Crippen molar-refractivity contribution in [3.63, 3.8) is 0 Å². The second-order valence-corrected chi connectivity index (χ2v) is 9.71. The molecule has 0 saturated heterocycles. The molecule has 0 aliphatic carbocycles. The van der Waals surface area contributed by atoms with Gasteiger partial charge in [0.05, 0.1) is 23.2 Å². The lowest BCUT2D eigenvalue weighted by molar-refractivity contribution is 0.0692. The van der Waals surface area contributed by atoms with Gasteiger partial charge in [0.25, 0.3) is 5.91 Å². The normalized spacial score (nSPS) is 10.7. The molecular formula is C20H24BrF2N3O5S. The van der Waals surface area contributed by atoms with Crippen LogP contribution >= 0.6 is 15.9 Å². The summed E-state index contributed by atoms with van der Waals surface area (Å²) >= 11 is 3.15. The first kappa shape index (κ1) is 27.3. The van der Waals surface area contributed by atoms with Gasteiger partial charge < -0.3 is 15.7 Å². The molecule has 176 valence electrons. The third-order valence-electron chi connectivity index (χ3n) is 4.23. The number of carbonyl (C=O) groups is 2. The maximum atomic E-state index is 14.3. The molecule has 0 unspecified atom stereocenters. The molecular weight excluding hydrogens is 512 g/mol. The van der Waals surface area contributed by atoms with Gasteiger partial charge in [0.1, 0.15) is 5.82 Å². The predicted octanol–water partition coefficient (Wildman–Crippen LogP) is 3.57. The number of nitrogens with zero attached hydrogens (tertiary/aromatic N) is 2. The average Bonchev–Trinajstić information content (AvgIpc) is 2.70. The quantitative estimate of drug-likeness (QED) is 0.545. The summed E-state index contributed by atoms with van der Waals surface area (Å²) in [5.74, 6) is -3.69. The Hall–Kier alpha value is -2.73. The minimum absolute atomic E-state index is 0.0924. The fourth-order valence-electron chi connectivity index (χ4n) is 2.47. The minimum atomic E-state index is -3.82. The highest BCUT2D eigenvalue weighted by Crippen LogP contribution is 2.26. The zero-order valence-electron chi connectivity index (χ0n) is 17.9. The Morgan fingerprint density at radius 1 is 1.16 bits per heavy atom. The fraction of sp³-hybridized carbons (Fsp3) is 0.300. The summed E-state index contributed by atoms with van der Waals surface area (Å²) in [7, 11) is -1.21. The van der Waals surface area contributed by atoms with Crippen molar-refractivity contribution in [1.29, 1.82) is 0 Å². The summed E-state index contributed by atoms with van der Waals surface area (Å²) in [6.07, 6.45) is 1.54. The number of amides is 1. The van der Waals surface area contributed by atoms with Crippen LogP contribution < -0.4 is 10.0 Å². The van der Waals surface area contributed by atoms with Gasteiger partial charge in [0, 0.05) is 30.7 Å². The largest absolute Gasteiger partial charge is 0.478 e. The number of carboxylic acid groups (broad SMARTS) is 1. The van der Waals surface area contributed by atoms with Crippen LogP contribution in [-0.2, 0) is 10.0 Å². The van der Waals surface area contributed by atoms with Gasteiger partial charge in [0.2, 0.25) is 10.0 Å². The van der Waals surface area contributed by atoms with Crippen LogP contribution in [0, 0.1) is 11.6 Å². The molecule has 3 N–H and O–H groups in total. The van der Waals surface area contributed by atoms with E-state index in [9.17, 15) is 26.8 Å². The molecule has 0 bridgehead atoms. The van der Waals surface area contributed by atoms with Crippen molar-refractivity contribution in [3.8, 4) is 0 Å². The zero-order chi connectivity index (χ0) is 24.8. The van der Waals surface area contributed by atoms with Crippen LogP contribution in [-0.4, -0.2) is 57.2 Å². The van der Waals surface area contributed by atoms with Crippen LogP contribution in [0.25, 0.3) is 0 Å². The van der Waals surface area contributed by atoms with Crippen molar-refractivity contribution in [1.82, 2.24) is 4.90 Å². The Morgan fingerprint density at radius 3 is 2.19 bits per heavy atom. The smallest absolute Gasteiger partial charge is 0.338 e. The van der Waals surface area contributed by atoms with Crippen molar-refractivity contribution in [2.45, 2.75) is 13.3 Å². The van der Waals surface area contributed by atoms with Crippen LogP contribution in [0.4, 0.5) is 20.2 Å². The molecule has 32 heavy (non-hydrogen) atoms. The molecule has 8 nitrogen and oxygen atoms in total. The Labute approximate surface area is 193 Å². The van der Waals surface area contributed by atoms with Crippen molar-refractivity contribution >= 4 is 49.2 Å². The van der Waals surface area contributed by atoms with E-state index in [1.807, 2.05) is 6.92 Å². The maximum absolute atomic E-state index is 14.3. The van der Waals surface area contributed by atoms with Gasteiger partial charge in [-0.1, -0.05) is 22.9 Å². The molecule has 2 rings (SSSR count). The van der Waals surface area contributed by atoms with Gasteiger partial charge in [-0.3, -0.25) is 9.10 Å². The number of hydrogen-bond donors (Lipinski definition) is 2. The SMILES string of the molecule is CCCN(C)C(=O)c1cc(C(=O)O)c(F)c(N(C)S(C)(=O)=O)c1.Nc1cc(Br)ccc1F. The number of nitrogens with two attached hydrogens (primary N) is 1. The van der Waals surface area contributed by atoms with Gasteiger partial charge in [-0.15, -0.1) is 0 Å². The summed E-state index contributed by atoms with van der Waals surface area (Å²) in [6.45, 7) is 2.29. The van der Waals surface area contributed by atoms with E-state index in [4.69, 9.17) is 10.8 Å². The third kappa shape index (κ3) is 7.16. The van der Waals surface area contributed by atoms with Gasteiger partial charge in [-0.2, -0.15) is 0 Å². The van der Waals surface area contributed by atoms with Crippen molar-refractivity contribution in [2.75, 3.05) is 36.9 Å². The number of halogens is 3. The standard InChI is InChI=1S/C14H19FN2O5S.C6H5BrFN/c1-5-6-16(2)13(18)9-7-10(14(19)20)12(15)11(8-9)17(3)23(4,21)22;7-4-1-2-5(8)6(9)3-4/h7-8H,5-6H2,1-4H3,(H,19,20);1-3H,9H2. The first-order valence-electron chi connectivity index (χ1n) is 9.17. The number of rotatable bonds is 6. The van der Waals surface area contributed by atoms with E-state index in [0.717, 1.165) is 29.9 Å². The second-order valence-electron chi connectivity index (χ2n) is 6.79. The number of carboxylic acids is 1. The van der Waals surface area contributed by atoms with E-state index in [2.05, 4.69) is 15.9 Å². The Kier molecular flexibility index (Phi) is 9.58. The molecule has 0 saturated carbocycles. The number of anilines is 2. The monoisotopic (exact) mass is 535 g/mol. The second kappa shape index (κ2) is 11.2. The van der Waals surface area contributed by atoms with Crippen molar-refractivity contribution in [2.24, 2.45) is 0 Å². The van der Waals surface area contributed by atoms with E-state index < -0.39 is 39.0 Å². The lowest BCUT2D eigenvalue weighted by Gasteiger charge is -2.21. The number of sulfonamides is 1. The Bertz CT molecular complexity index is 1110. The van der Waals surface area contributed by atoms with E-state index >= 15 is 0 Å². The van der Waals surface area contributed by atoms with E-state index in [1.54, 1.807) is 6.07 Å². The van der Waals surface area contributed by atoms with Gasteiger partial charge in [-0.25, -0.2) is 22.0 Å². The highest BCUT2D eigenvalue weighted by molar-refractivity contribution is 9.10. The molecule has 0 radical (unpaired) electrons. The lowest BCUT2D eigenvalue weighted by atomic mass is 10.1. The molecule has 0 aliphatic heterocycles. The number of benzene rings is 2. The van der Waals surface area contributed by atoms with E-state index in [1.165, 1.54) is 24.1 Å². The maximum Gasteiger partial charge on any atom is 0.338 e. The topological polar surface area (TPSA) is 121 Å². The highest BCUT2D eigenvalue weighted by atomic mass is 79.9. The summed E-state index contributed by atoms with van der Waals surface area (Å²) < 4.78 is 51.2. The molecule has 12 heteroatoms. The Balaban J connectivity index is 0.000000471. The first-order chi connectivity index (χ1) is 14.7. The third-order valence-corrected chi connectivity index (χ3v) is 5.92. The summed E-state index contributed by atoms with van der Waals surface area (Å²) in [6, 6.07) is 6.39. The zero-order valence-corrected chi connectivity index (χ0v) is 20.3. The van der Waals surface area contributed by atoms with Gasteiger partial charge in [-0.05, 0) is 36.8 Å². The Morgan fingerprint density at radius 2 is 1.75 bits per heavy atom. The van der Waals surface area contributed by atoms with Crippen molar-refractivity contribution in [3.05, 3.63) is 57.6 Å². The number of hydrogen-bond acceptors (Lipinski definition) is 5. The summed E-state index contributed by atoms with van der Waals surface area (Å²) in [4.78, 5) is 24.8. The fourth-order valence-corrected chi connectivity index (χ4v) is 3.34. The first-order valence-corrected chi connectivity index (χ1v) is 11.8. The van der Waals surface area contributed by atoms with E-state index in [-0.39, 0.29) is 17.1 Å².